The predicted molar refractivity (Wildman–Crippen MR) is 120 cm³/mol. The molecule has 0 atom stereocenters. The number of carbonyl (C=O) groups is 2. The molecule has 0 aliphatic rings. The van der Waals surface area contributed by atoms with Crippen LogP contribution in [0.25, 0.3) is 11.3 Å². The van der Waals surface area contributed by atoms with Crippen molar-refractivity contribution in [2.24, 2.45) is 0 Å². The second-order valence-electron chi connectivity index (χ2n) is 6.69. The maximum Gasteiger partial charge on any atom is 0.274 e. The normalized spacial score (nSPS) is 10.3. The molecule has 8 nitrogen and oxygen atoms in total. The monoisotopic (exact) mass is 425 g/mol. The number of benzene rings is 2. The summed E-state index contributed by atoms with van der Waals surface area (Å²) in [7, 11) is 1.54. The Balaban J connectivity index is 1.43. The summed E-state index contributed by atoms with van der Waals surface area (Å²) in [5, 5.41) is 5.33. The number of anilines is 1. The van der Waals surface area contributed by atoms with Gasteiger partial charge in [0.2, 0.25) is 0 Å². The molecule has 8 heteroatoms. The van der Waals surface area contributed by atoms with Crippen LogP contribution in [-0.2, 0) is 0 Å². The number of ether oxygens (including phenoxy) is 1. The molecule has 0 unspecified atom stereocenters. The minimum absolute atomic E-state index is 0.258. The number of hydrogen-bond acceptors (Lipinski definition) is 6. The maximum absolute atomic E-state index is 12.6. The molecular weight excluding hydrogens is 406 g/mol. The van der Waals surface area contributed by atoms with Crippen molar-refractivity contribution in [2.45, 2.75) is 0 Å². The smallest absolute Gasteiger partial charge is 0.274 e. The molecule has 0 saturated carbocycles. The van der Waals surface area contributed by atoms with Crippen molar-refractivity contribution in [1.82, 2.24) is 20.3 Å². The van der Waals surface area contributed by atoms with Gasteiger partial charge in [0, 0.05) is 30.6 Å². The molecule has 0 fully saturated rings. The van der Waals surface area contributed by atoms with E-state index in [-0.39, 0.29) is 23.2 Å². The summed E-state index contributed by atoms with van der Waals surface area (Å²) in [6, 6.07) is 21.3. The van der Waals surface area contributed by atoms with Crippen LogP contribution in [-0.4, -0.2) is 33.8 Å². The topological polar surface area (TPSA) is 106 Å². The van der Waals surface area contributed by atoms with Gasteiger partial charge in [0.25, 0.3) is 11.8 Å². The number of aromatic nitrogens is 3. The molecule has 0 aliphatic heterocycles. The summed E-state index contributed by atoms with van der Waals surface area (Å²) < 4.78 is 5.77. The van der Waals surface area contributed by atoms with Crippen LogP contribution in [0.5, 0.6) is 11.5 Å². The van der Waals surface area contributed by atoms with Gasteiger partial charge in [0.1, 0.15) is 29.2 Å². The van der Waals surface area contributed by atoms with Crippen LogP contribution in [0.4, 0.5) is 5.69 Å². The third-order valence-electron chi connectivity index (χ3n) is 4.51. The van der Waals surface area contributed by atoms with Crippen LogP contribution >= 0.6 is 0 Å². The zero-order valence-corrected chi connectivity index (χ0v) is 17.1. The number of amides is 2. The van der Waals surface area contributed by atoms with Crippen molar-refractivity contribution in [3.8, 4) is 22.8 Å². The van der Waals surface area contributed by atoms with Gasteiger partial charge in [0.15, 0.2) is 0 Å². The lowest BCUT2D eigenvalue weighted by Crippen LogP contribution is -2.18. The Hall–Kier alpha value is -4.59. The van der Waals surface area contributed by atoms with Crippen LogP contribution in [0, 0.1) is 0 Å². The molecular formula is C24H19N5O3. The van der Waals surface area contributed by atoms with E-state index >= 15 is 0 Å². The van der Waals surface area contributed by atoms with E-state index in [1.165, 1.54) is 19.6 Å². The Morgan fingerprint density at radius 1 is 0.781 bits per heavy atom. The van der Waals surface area contributed by atoms with Crippen LogP contribution in [0.2, 0.25) is 0 Å². The molecule has 0 aliphatic carbocycles. The molecule has 4 rings (SSSR count). The fourth-order valence-corrected chi connectivity index (χ4v) is 2.91. The minimum atomic E-state index is -0.345. The van der Waals surface area contributed by atoms with Gasteiger partial charge in [-0.05, 0) is 36.4 Å². The third kappa shape index (κ3) is 4.93. The average Bonchev–Trinajstić information content (AvgIpc) is 2.85. The fourth-order valence-electron chi connectivity index (χ4n) is 2.91. The number of nitrogens with zero attached hydrogens (tertiary/aromatic N) is 3. The quantitative estimate of drug-likeness (QED) is 0.485. The largest absolute Gasteiger partial charge is 0.457 e. The Morgan fingerprint density at radius 2 is 1.53 bits per heavy atom. The second-order valence-corrected chi connectivity index (χ2v) is 6.69. The van der Waals surface area contributed by atoms with E-state index in [9.17, 15) is 9.59 Å². The maximum atomic E-state index is 12.6. The molecule has 2 N–H and O–H groups in total. The first-order valence-corrected chi connectivity index (χ1v) is 9.77. The third-order valence-corrected chi connectivity index (χ3v) is 4.51. The number of carbonyl (C=O) groups excluding carboxylic acids is 2. The van der Waals surface area contributed by atoms with Crippen LogP contribution in [0.3, 0.4) is 0 Å². The van der Waals surface area contributed by atoms with Crippen LogP contribution in [0.15, 0.2) is 85.3 Å². The summed E-state index contributed by atoms with van der Waals surface area (Å²) in [6.45, 7) is 0. The highest BCUT2D eigenvalue weighted by Crippen LogP contribution is 2.24. The van der Waals surface area contributed by atoms with Gasteiger partial charge in [-0.15, -0.1) is 0 Å². The van der Waals surface area contributed by atoms with Crippen LogP contribution in [0.1, 0.15) is 21.0 Å². The van der Waals surface area contributed by atoms with Gasteiger partial charge >= 0.3 is 0 Å². The first kappa shape index (κ1) is 20.7. The lowest BCUT2D eigenvalue weighted by Gasteiger charge is -2.09. The fraction of sp³-hybridized carbons (Fsp3) is 0.0417. The van der Waals surface area contributed by atoms with Gasteiger partial charge < -0.3 is 15.4 Å². The zero-order chi connectivity index (χ0) is 22.3. The Morgan fingerprint density at radius 3 is 2.28 bits per heavy atom. The minimum Gasteiger partial charge on any atom is -0.457 e. The first-order valence-electron chi connectivity index (χ1n) is 9.77. The number of rotatable bonds is 6. The molecule has 2 amide bonds. The molecule has 158 valence electrons. The van der Waals surface area contributed by atoms with Crippen molar-refractivity contribution in [3.63, 3.8) is 0 Å². The van der Waals surface area contributed by atoms with E-state index in [1.54, 1.807) is 42.5 Å². The number of hydrogen-bond donors (Lipinski definition) is 2. The van der Waals surface area contributed by atoms with E-state index in [0.29, 0.717) is 22.9 Å². The summed E-state index contributed by atoms with van der Waals surface area (Å²) in [5.41, 5.74) is 2.68. The molecule has 2 aromatic carbocycles. The molecule has 0 radical (unpaired) electrons. The van der Waals surface area contributed by atoms with Crippen molar-refractivity contribution in [3.05, 3.63) is 96.7 Å². The molecule has 0 bridgehead atoms. The van der Waals surface area contributed by atoms with Crippen molar-refractivity contribution in [1.29, 1.82) is 0 Å². The lowest BCUT2D eigenvalue weighted by atomic mass is 10.1. The highest BCUT2D eigenvalue weighted by molar-refractivity contribution is 6.03. The summed E-state index contributed by atoms with van der Waals surface area (Å²) in [4.78, 5) is 36.6. The lowest BCUT2D eigenvalue weighted by molar-refractivity contribution is 0.0957. The highest BCUT2D eigenvalue weighted by Gasteiger charge is 2.11. The second kappa shape index (κ2) is 9.48. The van der Waals surface area contributed by atoms with E-state index in [2.05, 4.69) is 25.6 Å². The number of nitrogens with one attached hydrogen (secondary N) is 2. The summed E-state index contributed by atoms with van der Waals surface area (Å²) in [6.07, 6.45) is 2.87. The molecule has 2 heterocycles. The van der Waals surface area contributed by atoms with E-state index < -0.39 is 0 Å². The molecule has 0 saturated heterocycles. The average molecular weight is 425 g/mol. The molecule has 2 aromatic heterocycles. The van der Waals surface area contributed by atoms with Gasteiger partial charge in [-0.25, -0.2) is 9.97 Å². The van der Waals surface area contributed by atoms with Gasteiger partial charge in [0.05, 0.1) is 5.69 Å². The van der Waals surface area contributed by atoms with Gasteiger partial charge in [-0.3, -0.25) is 14.6 Å². The number of pyridine rings is 1. The van der Waals surface area contributed by atoms with E-state index in [4.69, 9.17) is 4.74 Å². The SMILES string of the molecule is CNC(=O)c1cc(Oc2ccc(NC(=O)c3cc(-c4ccccc4)ncn3)cc2)ccn1. The Kier molecular flexibility index (Phi) is 6.12. The standard InChI is InChI=1S/C24H19N5O3/c1-25-23(30)21-13-19(11-12-26-21)32-18-9-7-17(8-10-18)29-24(31)22-14-20(27-15-28-22)16-5-3-2-4-6-16/h2-15H,1H3,(H,25,30)(H,29,31). The van der Waals surface area contributed by atoms with Crippen molar-refractivity contribution in [2.75, 3.05) is 12.4 Å². The first-order chi connectivity index (χ1) is 15.6. The predicted octanol–water partition coefficient (Wildman–Crippen LogP) is 3.94. The van der Waals surface area contributed by atoms with Crippen molar-refractivity contribution < 1.29 is 14.3 Å². The van der Waals surface area contributed by atoms with Crippen LogP contribution < -0.4 is 15.4 Å². The highest BCUT2D eigenvalue weighted by atomic mass is 16.5. The molecule has 32 heavy (non-hydrogen) atoms. The Labute approximate surface area is 184 Å². The molecule has 4 aromatic rings. The van der Waals surface area contributed by atoms with E-state index in [0.717, 1.165) is 5.56 Å². The van der Waals surface area contributed by atoms with Gasteiger partial charge in [-0.1, -0.05) is 30.3 Å². The van der Waals surface area contributed by atoms with Gasteiger partial charge in [-0.2, -0.15) is 0 Å². The summed E-state index contributed by atoms with van der Waals surface area (Å²) >= 11 is 0. The molecule has 0 spiro atoms. The zero-order valence-electron chi connectivity index (χ0n) is 17.1. The van der Waals surface area contributed by atoms with E-state index in [1.807, 2.05) is 30.3 Å². The Bertz CT molecular complexity index is 1240. The van der Waals surface area contributed by atoms with Crippen molar-refractivity contribution >= 4 is 17.5 Å². The summed E-state index contributed by atoms with van der Waals surface area (Å²) in [5.74, 6) is 0.381.